The lowest BCUT2D eigenvalue weighted by Crippen LogP contribution is -2.27. The second-order valence-electron chi connectivity index (χ2n) is 4.73. The third-order valence-electron chi connectivity index (χ3n) is 2.99. The third-order valence-corrected chi connectivity index (χ3v) is 4.18. The standard InChI is InChI=1S/C16H22FNO3S/c1-3-21-16(20)9-6-10-18-15(19)11-22-12(2)13-7-4-5-8-14(13)17/h4-5,7-8,12H,3,6,9-11H2,1-2H3,(H,18,19)/t12-/m0/s1. The van der Waals surface area contributed by atoms with Gasteiger partial charge in [-0.1, -0.05) is 18.2 Å². The van der Waals surface area contributed by atoms with Crippen molar-refractivity contribution in [3.63, 3.8) is 0 Å². The van der Waals surface area contributed by atoms with Crippen LogP contribution in [0.1, 0.15) is 37.5 Å². The van der Waals surface area contributed by atoms with E-state index in [1.54, 1.807) is 25.1 Å². The minimum Gasteiger partial charge on any atom is -0.466 e. The second-order valence-corrected chi connectivity index (χ2v) is 6.06. The van der Waals surface area contributed by atoms with Crippen LogP contribution in [0.4, 0.5) is 4.39 Å². The van der Waals surface area contributed by atoms with Gasteiger partial charge in [0.15, 0.2) is 0 Å². The molecule has 0 bridgehead atoms. The summed E-state index contributed by atoms with van der Waals surface area (Å²) < 4.78 is 18.4. The Labute approximate surface area is 134 Å². The van der Waals surface area contributed by atoms with E-state index in [0.29, 0.717) is 31.6 Å². The molecule has 1 rings (SSSR count). The fourth-order valence-corrected chi connectivity index (χ4v) is 2.71. The Balaban J connectivity index is 2.20. The minimum absolute atomic E-state index is 0.0912. The van der Waals surface area contributed by atoms with Crippen LogP contribution in [-0.4, -0.2) is 30.8 Å². The van der Waals surface area contributed by atoms with Gasteiger partial charge in [-0.05, 0) is 26.3 Å². The van der Waals surface area contributed by atoms with Gasteiger partial charge >= 0.3 is 5.97 Å². The summed E-state index contributed by atoms with van der Waals surface area (Å²) in [5.74, 6) is -0.358. The van der Waals surface area contributed by atoms with E-state index < -0.39 is 0 Å². The summed E-state index contributed by atoms with van der Waals surface area (Å²) in [5.41, 5.74) is 0.600. The Kier molecular flexibility index (Phi) is 8.58. The molecule has 0 spiro atoms. The van der Waals surface area contributed by atoms with E-state index in [2.05, 4.69) is 5.32 Å². The van der Waals surface area contributed by atoms with Crippen molar-refractivity contribution in [1.82, 2.24) is 5.32 Å². The van der Waals surface area contributed by atoms with Crippen LogP contribution in [0.3, 0.4) is 0 Å². The molecule has 0 aliphatic rings. The van der Waals surface area contributed by atoms with Gasteiger partial charge in [-0.15, -0.1) is 11.8 Å². The van der Waals surface area contributed by atoms with Crippen molar-refractivity contribution < 1.29 is 18.7 Å². The average Bonchev–Trinajstić information content (AvgIpc) is 2.50. The average molecular weight is 327 g/mol. The van der Waals surface area contributed by atoms with Crippen LogP contribution >= 0.6 is 11.8 Å². The first kappa shape index (κ1) is 18.5. The Morgan fingerprint density at radius 3 is 2.77 bits per heavy atom. The molecule has 0 unspecified atom stereocenters. The molecule has 122 valence electrons. The van der Waals surface area contributed by atoms with E-state index in [9.17, 15) is 14.0 Å². The smallest absolute Gasteiger partial charge is 0.305 e. The lowest BCUT2D eigenvalue weighted by atomic mass is 10.1. The van der Waals surface area contributed by atoms with Gasteiger partial charge < -0.3 is 10.1 Å². The van der Waals surface area contributed by atoms with E-state index in [-0.39, 0.29) is 28.7 Å². The molecule has 0 aliphatic heterocycles. The molecule has 1 atom stereocenters. The van der Waals surface area contributed by atoms with Gasteiger partial charge in [-0.3, -0.25) is 9.59 Å². The minimum atomic E-state index is -0.252. The second kappa shape index (κ2) is 10.2. The molecule has 4 nitrogen and oxygen atoms in total. The molecular formula is C16H22FNO3S. The lowest BCUT2D eigenvalue weighted by molar-refractivity contribution is -0.143. The van der Waals surface area contributed by atoms with E-state index in [1.165, 1.54) is 17.8 Å². The number of carbonyl (C=O) groups excluding carboxylic acids is 2. The van der Waals surface area contributed by atoms with Crippen molar-refractivity contribution in [3.8, 4) is 0 Å². The van der Waals surface area contributed by atoms with Crippen molar-refractivity contribution in [3.05, 3.63) is 35.6 Å². The largest absolute Gasteiger partial charge is 0.466 e. The summed E-state index contributed by atoms with van der Waals surface area (Å²) in [5, 5.41) is 2.65. The fraction of sp³-hybridized carbons (Fsp3) is 0.500. The van der Waals surface area contributed by atoms with E-state index in [4.69, 9.17) is 4.74 Å². The summed E-state index contributed by atoms with van der Waals surface area (Å²) in [7, 11) is 0. The molecule has 0 fully saturated rings. The number of nitrogens with one attached hydrogen (secondary N) is 1. The van der Waals surface area contributed by atoms with Crippen molar-refractivity contribution in [1.29, 1.82) is 0 Å². The number of rotatable bonds is 9. The lowest BCUT2D eigenvalue weighted by Gasteiger charge is -2.12. The highest BCUT2D eigenvalue weighted by Crippen LogP contribution is 2.29. The molecule has 6 heteroatoms. The van der Waals surface area contributed by atoms with Gasteiger partial charge in [0.1, 0.15) is 5.82 Å². The molecule has 0 radical (unpaired) electrons. The van der Waals surface area contributed by atoms with Gasteiger partial charge in [-0.2, -0.15) is 0 Å². The van der Waals surface area contributed by atoms with Gasteiger partial charge in [0, 0.05) is 23.8 Å². The quantitative estimate of drug-likeness (QED) is 0.559. The molecular weight excluding hydrogens is 305 g/mol. The van der Waals surface area contributed by atoms with Gasteiger partial charge in [0.2, 0.25) is 5.91 Å². The first-order valence-electron chi connectivity index (χ1n) is 7.33. The number of carbonyl (C=O) groups is 2. The van der Waals surface area contributed by atoms with Crippen LogP contribution in [0.2, 0.25) is 0 Å². The topological polar surface area (TPSA) is 55.4 Å². The predicted octanol–water partition coefficient (Wildman–Crippen LogP) is 3.08. The molecule has 0 saturated carbocycles. The third kappa shape index (κ3) is 6.93. The Hall–Kier alpha value is -1.56. The van der Waals surface area contributed by atoms with E-state index in [0.717, 1.165) is 0 Å². The molecule has 1 aromatic carbocycles. The van der Waals surface area contributed by atoms with Crippen molar-refractivity contribution in [2.75, 3.05) is 18.9 Å². The van der Waals surface area contributed by atoms with Crippen LogP contribution in [0.15, 0.2) is 24.3 Å². The van der Waals surface area contributed by atoms with Gasteiger partial charge in [0.25, 0.3) is 0 Å². The highest BCUT2D eigenvalue weighted by atomic mass is 32.2. The number of esters is 1. The predicted molar refractivity (Wildman–Crippen MR) is 86.1 cm³/mol. The molecule has 1 aromatic rings. The van der Waals surface area contributed by atoms with Gasteiger partial charge in [0.05, 0.1) is 12.4 Å². The number of benzene rings is 1. The monoisotopic (exact) mass is 327 g/mol. The highest BCUT2D eigenvalue weighted by molar-refractivity contribution is 8.00. The number of hydrogen-bond acceptors (Lipinski definition) is 4. The molecule has 1 N–H and O–H groups in total. The maximum atomic E-state index is 13.6. The van der Waals surface area contributed by atoms with Crippen LogP contribution in [0.5, 0.6) is 0 Å². The first-order chi connectivity index (χ1) is 10.5. The van der Waals surface area contributed by atoms with Gasteiger partial charge in [-0.25, -0.2) is 4.39 Å². The van der Waals surface area contributed by atoms with Crippen molar-refractivity contribution >= 4 is 23.6 Å². The maximum Gasteiger partial charge on any atom is 0.305 e. The summed E-state index contributed by atoms with van der Waals surface area (Å²) in [6, 6.07) is 6.57. The number of halogens is 1. The SMILES string of the molecule is CCOC(=O)CCCNC(=O)CS[C@@H](C)c1ccccc1F. The molecule has 0 saturated heterocycles. The molecule has 0 heterocycles. The summed E-state index contributed by atoms with van der Waals surface area (Å²) in [6.45, 7) is 4.44. The summed E-state index contributed by atoms with van der Waals surface area (Å²) >= 11 is 1.38. The summed E-state index contributed by atoms with van der Waals surface area (Å²) in [4.78, 5) is 22.8. The Morgan fingerprint density at radius 1 is 1.36 bits per heavy atom. The molecule has 0 aliphatic carbocycles. The Bertz CT molecular complexity index is 496. The fourth-order valence-electron chi connectivity index (χ4n) is 1.84. The van der Waals surface area contributed by atoms with Crippen LogP contribution in [-0.2, 0) is 14.3 Å². The highest BCUT2D eigenvalue weighted by Gasteiger charge is 2.12. The first-order valence-corrected chi connectivity index (χ1v) is 8.37. The molecule has 22 heavy (non-hydrogen) atoms. The molecule has 0 aromatic heterocycles. The number of thioether (sulfide) groups is 1. The normalized spacial score (nSPS) is 11.8. The Morgan fingerprint density at radius 2 is 2.09 bits per heavy atom. The number of hydrogen-bond donors (Lipinski definition) is 1. The van der Waals surface area contributed by atoms with Crippen LogP contribution < -0.4 is 5.32 Å². The zero-order valence-electron chi connectivity index (χ0n) is 12.9. The number of ether oxygens (including phenoxy) is 1. The zero-order valence-corrected chi connectivity index (χ0v) is 13.7. The van der Waals surface area contributed by atoms with Crippen LogP contribution in [0, 0.1) is 5.82 Å². The maximum absolute atomic E-state index is 13.6. The van der Waals surface area contributed by atoms with E-state index >= 15 is 0 Å². The van der Waals surface area contributed by atoms with E-state index in [1.807, 2.05) is 6.92 Å². The van der Waals surface area contributed by atoms with Crippen molar-refractivity contribution in [2.24, 2.45) is 0 Å². The van der Waals surface area contributed by atoms with Crippen LogP contribution in [0.25, 0.3) is 0 Å². The zero-order chi connectivity index (χ0) is 16.4. The molecule has 1 amide bonds. The number of amides is 1. The van der Waals surface area contributed by atoms with Crippen molar-refractivity contribution in [2.45, 2.75) is 31.9 Å². The summed E-state index contributed by atoms with van der Waals surface area (Å²) in [6.07, 6.45) is 0.852.